The Balaban J connectivity index is 1.18. The summed E-state index contributed by atoms with van der Waals surface area (Å²) in [6.45, 7) is 2.11. The summed E-state index contributed by atoms with van der Waals surface area (Å²) in [6, 6.07) is 61.6. The molecule has 2 aliphatic rings. The number of nitrogens with zero attached hydrogens (tertiary/aromatic N) is 4. The van der Waals surface area contributed by atoms with Crippen LogP contribution in [0.15, 0.2) is 188 Å². The molecule has 0 saturated heterocycles. The van der Waals surface area contributed by atoms with Gasteiger partial charge in [0.15, 0.2) is 17.5 Å². The number of hydrogen-bond donors (Lipinski definition) is 0. The van der Waals surface area contributed by atoms with E-state index in [1.807, 2.05) is 73.1 Å². The highest BCUT2D eigenvalue weighted by Crippen LogP contribution is 2.63. The lowest BCUT2D eigenvalue weighted by molar-refractivity contribution is 0.438. The van der Waals surface area contributed by atoms with Crippen LogP contribution in [0.5, 0.6) is 11.5 Å². The van der Waals surface area contributed by atoms with Crippen LogP contribution in [0.2, 0.25) is 0 Å². The van der Waals surface area contributed by atoms with Crippen molar-refractivity contribution in [1.29, 1.82) is 0 Å². The maximum absolute atomic E-state index is 7.21. The lowest BCUT2D eigenvalue weighted by atomic mass is 9.65. The minimum atomic E-state index is -0.693. The SMILES string of the molecule is Cc1cnccc1-c1ccccc1-c1cccc2c1Oc1ccc(-c3nc(-c4ccccc4)nc(-c4ccccc4)n3)cc1C21c2ccccc2-c2ccccc21. The van der Waals surface area contributed by atoms with Gasteiger partial charge in [-0.25, -0.2) is 15.0 Å². The molecule has 9 aromatic rings. The van der Waals surface area contributed by atoms with Gasteiger partial charge < -0.3 is 4.74 Å². The lowest BCUT2D eigenvalue weighted by Crippen LogP contribution is -2.32. The molecule has 11 rings (SSSR count). The zero-order chi connectivity index (χ0) is 37.9. The lowest BCUT2D eigenvalue weighted by Gasteiger charge is -2.40. The average molecular weight is 731 g/mol. The van der Waals surface area contributed by atoms with Crippen molar-refractivity contribution < 1.29 is 4.74 Å². The van der Waals surface area contributed by atoms with Gasteiger partial charge >= 0.3 is 0 Å². The Labute approximate surface area is 331 Å². The van der Waals surface area contributed by atoms with Gasteiger partial charge in [-0.1, -0.05) is 152 Å². The predicted molar refractivity (Wildman–Crippen MR) is 227 cm³/mol. The zero-order valence-electron chi connectivity index (χ0n) is 31.1. The number of ether oxygens (including phenoxy) is 1. The van der Waals surface area contributed by atoms with Crippen LogP contribution >= 0.6 is 0 Å². The molecule has 1 spiro atoms. The zero-order valence-corrected chi connectivity index (χ0v) is 31.1. The third-order valence-corrected chi connectivity index (χ3v) is 11.5. The van der Waals surface area contributed by atoms with Gasteiger partial charge in [0.25, 0.3) is 0 Å². The number of pyridine rings is 1. The molecule has 5 nitrogen and oxygen atoms in total. The van der Waals surface area contributed by atoms with Crippen molar-refractivity contribution in [1.82, 2.24) is 19.9 Å². The number of aryl methyl sites for hydroxylation is 1. The first-order chi connectivity index (χ1) is 28.2. The average Bonchev–Trinajstić information content (AvgIpc) is 3.57. The van der Waals surface area contributed by atoms with Gasteiger partial charge in [-0.2, -0.15) is 0 Å². The molecule has 3 heterocycles. The van der Waals surface area contributed by atoms with Crippen molar-refractivity contribution >= 4 is 0 Å². The molecule has 0 unspecified atom stereocenters. The number of fused-ring (bicyclic) bond motifs is 9. The van der Waals surface area contributed by atoms with Crippen molar-refractivity contribution in [2.45, 2.75) is 12.3 Å². The smallest absolute Gasteiger partial charge is 0.164 e. The number of para-hydroxylation sites is 1. The second-order valence-electron chi connectivity index (χ2n) is 14.6. The molecule has 57 heavy (non-hydrogen) atoms. The summed E-state index contributed by atoms with van der Waals surface area (Å²) < 4.78 is 7.21. The van der Waals surface area contributed by atoms with E-state index in [0.717, 1.165) is 67.1 Å². The van der Waals surface area contributed by atoms with Gasteiger partial charge in [-0.3, -0.25) is 4.98 Å². The molecule has 5 heteroatoms. The van der Waals surface area contributed by atoms with Gasteiger partial charge in [-0.05, 0) is 75.7 Å². The first kappa shape index (κ1) is 32.9. The standard InChI is InChI=1S/C52H34N4O/c1-33-32-53-30-29-37(33)38-19-8-9-20-39(38)42-23-14-26-45-48(42)57-47-28-27-36(31-46(47)52(45)43-24-12-10-21-40(43)41-22-11-13-25-44(41)52)51-55-49(34-15-4-2-5-16-34)54-50(56-51)35-17-6-3-7-18-35/h2-32H,1H3. The maximum Gasteiger partial charge on any atom is 0.164 e. The fourth-order valence-electron chi connectivity index (χ4n) is 8.94. The van der Waals surface area contributed by atoms with Crippen LogP contribution in [0.4, 0.5) is 0 Å². The van der Waals surface area contributed by atoms with Crippen LogP contribution in [0.25, 0.3) is 67.5 Å². The fourth-order valence-corrected chi connectivity index (χ4v) is 8.94. The van der Waals surface area contributed by atoms with Crippen LogP contribution in [-0.4, -0.2) is 19.9 Å². The van der Waals surface area contributed by atoms with Crippen LogP contribution < -0.4 is 4.74 Å². The number of benzene rings is 7. The van der Waals surface area contributed by atoms with Crippen molar-refractivity contribution in [3.8, 4) is 79.0 Å². The summed E-state index contributed by atoms with van der Waals surface area (Å²) in [5.74, 6) is 3.49. The van der Waals surface area contributed by atoms with E-state index < -0.39 is 5.41 Å². The van der Waals surface area contributed by atoms with E-state index in [1.165, 1.54) is 22.3 Å². The Kier molecular flexibility index (Phi) is 7.54. The van der Waals surface area contributed by atoms with Crippen molar-refractivity contribution in [2.75, 3.05) is 0 Å². The summed E-state index contributed by atoms with van der Waals surface area (Å²) >= 11 is 0. The maximum atomic E-state index is 7.21. The monoisotopic (exact) mass is 730 g/mol. The van der Waals surface area contributed by atoms with Crippen LogP contribution in [0.1, 0.15) is 27.8 Å². The minimum Gasteiger partial charge on any atom is -0.456 e. The van der Waals surface area contributed by atoms with Gasteiger partial charge in [0.2, 0.25) is 0 Å². The summed E-state index contributed by atoms with van der Waals surface area (Å²) in [5.41, 5.74) is 14.6. The molecule has 0 amide bonds. The Morgan fingerprint density at radius 1 is 0.404 bits per heavy atom. The van der Waals surface area contributed by atoms with E-state index >= 15 is 0 Å². The van der Waals surface area contributed by atoms with Crippen molar-refractivity contribution in [2.24, 2.45) is 0 Å². The Morgan fingerprint density at radius 2 is 0.912 bits per heavy atom. The molecule has 0 N–H and O–H groups in total. The third-order valence-electron chi connectivity index (χ3n) is 11.5. The van der Waals surface area contributed by atoms with Gasteiger partial charge in [-0.15, -0.1) is 0 Å². The molecular weight excluding hydrogens is 697 g/mol. The van der Waals surface area contributed by atoms with E-state index in [1.54, 1.807) is 0 Å². The number of hydrogen-bond acceptors (Lipinski definition) is 5. The molecule has 1 aliphatic carbocycles. The molecule has 2 aromatic heterocycles. The Hall–Kier alpha value is -7.50. The summed E-state index contributed by atoms with van der Waals surface area (Å²) in [7, 11) is 0. The predicted octanol–water partition coefficient (Wildman–Crippen LogP) is 12.4. The summed E-state index contributed by atoms with van der Waals surface area (Å²) in [5, 5.41) is 0. The first-order valence-electron chi connectivity index (χ1n) is 19.2. The van der Waals surface area contributed by atoms with E-state index in [-0.39, 0.29) is 0 Å². The minimum absolute atomic E-state index is 0.599. The van der Waals surface area contributed by atoms with Crippen LogP contribution in [0.3, 0.4) is 0 Å². The van der Waals surface area contributed by atoms with Gasteiger partial charge in [0, 0.05) is 45.8 Å². The summed E-state index contributed by atoms with van der Waals surface area (Å²) in [4.78, 5) is 19.6. The van der Waals surface area contributed by atoms with Crippen LogP contribution in [0, 0.1) is 6.92 Å². The third kappa shape index (κ3) is 5.09. The number of aromatic nitrogens is 4. The fraction of sp³-hybridized carbons (Fsp3) is 0.0385. The van der Waals surface area contributed by atoms with Crippen molar-refractivity contribution in [3.05, 3.63) is 216 Å². The molecule has 268 valence electrons. The summed E-state index contributed by atoms with van der Waals surface area (Å²) in [6.07, 6.45) is 3.79. The largest absolute Gasteiger partial charge is 0.456 e. The quantitative estimate of drug-likeness (QED) is 0.176. The Morgan fingerprint density at radius 3 is 1.53 bits per heavy atom. The highest BCUT2D eigenvalue weighted by atomic mass is 16.5. The van der Waals surface area contributed by atoms with E-state index in [2.05, 4.69) is 127 Å². The highest BCUT2D eigenvalue weighted by molar-refractivity contribution is 5.93. The molecular formula is C52H34N4O. The molecule has 0 fully saturated rings. The molecule has 0 saturated carbocycles. The molecule has 1 aliphatic heterocycles. The molecule has 0 bridgehead atoms. The van der Waals surface area contributed by atoms with E-state index in [9.17, 15) is 0 Å². The van der Waals surface area contributed by atoms with Crippen LogP contribution in [-0.2, 0) is 5.41 Å². The second kappa shape index (κ2) is 13.1. The number of rotatable bonds is 5. The van der Waals surface area contributed by atoms with Gasteiger partial charge in [0.05, 0.1) is 5.41 Å². The van der Waals surface area contributed by atoms with E-state index in [4.69, 9.17) is 19.7 Å². The highest BCUT2D eigenvalue weighted by Gasteiger charge is 2.51. The molecule has 7 aromatic carbocycles. The molecule has 0 radical (unpaired) electrons. The van der Waals surface area contributed by atoms with E-state index in [0.29, 0.717) is 17.5 Å². The second-order valence-corrected chi connectivity index (χ2v) is 14.6. The van der Waals surface area contributed by atoms with Crippen molar-refractivity contribution in [3.63, 3.8) is 0 Å². The topological polar surface area (TPSA) is 60.8 Å². The Bertz CT molecular complexity index is 2910. The normalized spacial score (nSPS) is 12.9. The van der Waals surface area contributed by atoms with Gasteiger partial charge in [0.1, 0.15) is 11.5 Å². The molecule has 0 atom stereocenters. The first-order valence-corrected chi connectivity index (χ1v) is 19.2.